The Morgan fingerprint density at radius 2 is 2.08 bits per heavy atom. The van der Waals surface area contributed by atoms with Crippen LogP contribution in [-0.2, 0) is 6.42 Å². The number of carbonyl (C=O) groups is 1. The zero-order valence-electron chi connectivity index (χ0n) is 14.1. The first kappa shape index (κ1) is 16.7. The number of aromatic amines is 1. The number of para-hydroxylation sites is 1. The first-order valence-corrected chi connectivity index (χ1v) is 9.05. The monoisotopic (exact) mass is 412 g/mol. The predicted molar refractivity (Wildman–Crippen MR) is 105 cm³/mol. The maximum absolute atomic E-state index is 12.5. The fourth-order valence-electron chi connectivity index (χ4n) is 3.13. The molecule has 0 aliphatic carbocycles. The second-order valence-electron chi connectivity index (χ2n) is 6.01. The maximum atomic E-state index is 12.5. The van der Waals surface area contributed by atoms with Crippen LogP contribution in [0.1, 0.15) is 15.9 Å². The third-order valence-corrected chi connectivity index (χ3v) is 4.80. The summed E-state index contributed by atoms with van der Waals surface area (Å²) in [5.41, 5.74) is 3.41. The summed E-state index contributed by atoms with van der Waals surface area (Å²) in [6.45, 7) is 0.545. The number of H-pyrrole nitrogens is 1. The summed E-state index contributed by atoms with van der Waals surface area (Å²) >= 11 is 3.31. The molecule has 0 aliphatic heterocycles. The quantitative estimate of drug-likeness (QED) is 0.500. The summed E-state index contributed by atoms with van der Waals surface area (Å²) in [6, 6.07) is 13.4. The van der Waals surface area contributed by atoms with E-state index in [1.54, 1.807) is 19.2 Å². The Hall–Kier alpha value is -2.73. The molecule has 4 rings (SSSR count). The fourth-order valence-corrected chi connectivity index (χ4v) is 3.53. The molecule has 2 aromatic heterocycles. The summed E-state index contributed by atoms with van der Waals surface area (Å²) in [4.78, 5) is 15.8. The molecule has 0 unspecified atom stereocenters. The van der Waals surface area contributed by atoms with Crippen molar-refractivity contribution >= 4 is 43.7 Å². The van der Waals surface area contributed by atoms with Gasteiger partial charge in [-0.05, 0) is 46.1 Å². The minimum atomic E-state index is -0.155. The first-order chi connectivity index (χ1) is 12.7. The second-order valence-corrected chi connectivity index (χ2v) is 6.79. The van der Waals surface area contributed by atoms with Crippen molar-refractivity contribution in [3.8, 4) is 5.75 Å². The van der Waals surface area contributed by atoms with Gasteiger partial charge < -0.3 is 19.5 Å². The van der Waals surface area contributed by atoms with Crippen molar-refractivity contribution in [2.45, 2.75) is 6.42 Å². The highest BCUT2D eigenvalue weighted by atomic mass is 79.9. The number of rotatable bonds is 5. The van der Waals surface area contributed by atoms with Crippen LogP contribution in [0.25, 0.3) is 21.9 Å². The molecule has 1 amide bonds. The number of ether oxygens (including phenoxy) is 1. The smallest absolute Gasteiger partial charge is 0.251 e. The molecule has 0 fully saturated rings. The first-order valence-electron chi connectivity index (χ1n) is 8.26. The van der Waals surface area contributed by atoms with Crippen LogP contribution in [0.3, 0.4) is 0 Å². The van der Waals surface area contributed by atoms with Gasteiger partial charge >= 0.3 is 0 Å². The summed E-state index contributed by atoms with van der Waals surface area (Å²) in [5, 5.41) is 4.98. The van der Waals surface area contributed by atoms with Crippen LogP contribution >= 0.6 is 15.9 Å². The van der Waals surface area contributed by atoms with Gasteiger partial charge in [0, 0.05) is 35.3 Å². The Bertz CT molecular complexity index is 1100. The highest BCUT2D eigenvalue weighted by molar-refractivity contribution is 9.10. The molecular weight excluding hydrogens is 396 g/mol. The minimum Gasteiger partial charge on any atom is -0.496 e. The van der Waals surface area contributed by atoms with E-state index in [2.05, 4.69) is 32.3 Å². The van der Waals surface area contributed by atoms with Gasteiger partial charge in [-0.3, -0.25) is 4.79 Å². The average Bonchev–Trinajstić information content (AvgIpc) is 3.23. The molecular formula is C20H17BrN2O3. The number of amides is 1. The molecule has 2 N–H and O–H groups in total. The molecule has 0 saturated heterocycles. The fraction of sp³-hybridized carbons (Fsp3) is 0.150. The standard InChI is InChI=1S/C20H17BrN2O3/c1-25-17-8-13(9-18-15(17)10-19(21)26-18)20(24)22-7-6-12-11-23-16-5-3-2-4-14(12)16/h2-5,8-11,23H,6-7H2,1H3,(H,22,24). The molecule has 4 aromatic rings. The highest BCUT2D eigenvalue weighted by Crippen LogP contribution is 2.32. The zero-order valence-corrected chi connectivity index (χ0v) is 15.7. The van der Waals surface area contributed by atoms with Gasteiger partial charge in [0.05, 0.1) is 12.5 Å². The summed E-state index contributed by atoms with van der Waals surface area (Å²) in [5.74, 6) is 0.455. The maximum Gasteiger partial charge on any atom is 0.251 e. The SMILES string of the molecule is COc1cc(C(=O)NCCc2c[nH]c3ccccc23)cc2oc(Br)cc12. The molecule has 132 valence electrons. The van der Waals surface area contributed by atoms with Gasteiger partial charge in [-0.1, -0.05) is 18.2 Å². The Morgan fingerprint density at radius 1 is 1.23 bits per heavy atom. The lowest BCUT2D eigenvalue weighted by Crippen LogP contribution is -2.25. The van der Waals surface area contributed by atoms with Crippen LogP contribution in [0.5, 0.6) is 5.75 Å². The van der Waals surface area contributed by atoms with Crippen LogP contribution in [0.2, 0.25) is 0 Å². The van der Waals surface area contributed by atoms with Crippen molar-refractivity contribution in [3.63, 3.8) is 0 Å². The molecule has 2 heterocycles. The lowest BCUT2D eigenvalue weighted by Gasteiger charge is -2.07. The molecule has 2 aromatic carbocycles. The number of furan rings is 1. The van der Waals surface area contributed by atoms with E-state index in [1.807, 2.05) is 30.5 Å². The molecule has 0 bridgehead atoms. The van der Waals surface area contributed by atoms with Crippen molar-refractivity contribution in [3.05, 3.63) is 64.5 Å². The van der Waals surface area contributed by atoms with Crippen LogP contribution in [0.4, 0.5) is 0 Å². The summed E-state index contributed by atoms with van der Waals surface area (Å²) in [6.07, 6.45) is 2.74. The number of halogens is 1. The van der Waals surface area contributed by atoms with Crippen molar-refractivity contribution < 1.29 is 13.9 Å². The third-order valence-electron chi connectivity index (χ3n) is 4.41. The highest BCUT2D eigenvalue weighted by Gasteiger charge is 2.14. The molecule has 0 saturated carbocycles. The van der Waals surface area contributed by atoms with Crippen molar-refractivity contribution in [2.75, 3.05) is 13.7 Å². The lowest BCUT2D eigenvalue weighted by atomic mass is 10.1. The van der Waals surface area contributed by atoms with Crippen LogP contribution < -0.4 is 10.1 Å². The molecule has 5 nitrogen and oxygen atoms in total. The molecule has 26 heavy (non-hydrogen) atoms. The van der Waals surface area contributed by atoms with Gasteiger partial charge in [0.15, 0.2) is 4.67 Å². The van der Waals surface area contributed by atoms with E-state index < -0.39 is 0 Å². The lowest BCUT2D eigenvalue weighted by molar-refractivity contribution is 0.0954. The van der Waals surface area contributed by atoms with E-state index in [-0.39, 0.29) is 5.91 Å². The third kappa shape index (κ3) is 3.08. The zero-order chi connectivity index (χ0) is 18.1. The van der Waals surface area contributed by atoms with Crippen LogP contribution in [0, 0.1) is 0 Å². The number of fused-ring (bicyclic) bond motifs is 2. The van der Waals surface area contributed by atoms with Crippen molar-refractivity contribution in [1.29, 1.82) is 0 Å². The molecule has 0 atom stereocenters. The van der Waals surface area contributed by atoms with E-state index in [0.717, 1.165) is 17.3 Å². The Labute approximate surface area is 158 Å². The van der Waals surface area contributed by atoms with Gasteiger partial charge in [-0.15, -0.1) is 0 Å². The van der Waals surface area contributed by atoms with E-state index in [4.69, 9.17) is 9.15 Å². The summed E-state index contributed by atoms with van der Waals surface area (Å²) < 4.78 is 11.5. The number of hydrogen-bond donors (Lipinski definition) is 2. The van der Waals surface area contributed by atoms with Crippen molar-refractivity contribution in [2.24, 2.45) is 0 Å². The predicted octanol–water partition coefficient (Wildman–Crippen LogP) is 4.66. The Kier molecular flexibility index (Phi) is 4.42. The Morgan fingerprint density at radius 3 is 2.92 bits per heavy atom. The van der Waals surface area contributed by atoms with E-state index in [9.17, 15) is 4.79 Å². The second kappa shape index (κ2) is 6.88. The molecule has 0 spiro atoms. The van der Waals surface area contributed by atoms with Crippen LogP contribution in [0.15, 0.2) is 57.7 Å². The van der Waals surface area contributed by atoms with Gasteiger partial charge in [0.1, 0.15) is 11.3 Å². The largest absolute Gasteiger partial charge is 0.496 e. The van der Waals surface area contributed by atoms with E-state index in [0.29, 0.717) is 28.1 Å². The molecule has 0 aliphatic rings. The number of benzene rings is 2. The molecule has 0 radical (unpaired) electrons. The van der Waals surface area contributed by atoms with Gasteiger partial charge in [-0.25, -0.2) is 0 Å². The number of carbonyl (C=O) groups excluding carboxylic acids is 1. The topological polar surface area (TPSA) is 67.3 Å². The van der Waals surface area contributed by atoms with Gasteiger partial charge in [0.25, 0.3) is 5.91 Å². The van der Waals surface area contributed by atoms with Gasteiger partial charge in [-0.2, -0.15) is 0 Å². The summed E-state index contributed by atoms with van der Waals surface area (Å²) in [7, 11) is 1.58. The number of hydrogen-bond acceptors (Lipinski definition) is 3. The van der Waals surface area contributed by atoms with Crippen LogP contribution in [-0.4, -0.2) is 24.5 Å². The normalized spacial score (nSPS) is 11.2. The average molecular weight is 413 g/mol. The molecule has 6 heteroatoms. The number of nitrogens with one attached hydrogen (secondary N) is 2. The van der Waals surface area contributed by atoms with E-state index >= 15 is 0 Å². The van der Waals surface area contributed by atoms with Crippen molar-refractivity contribution in [1.82, 2.24) is 10.3 Å². The Balaban J connectivity index is 1.49. The minimum absolute atomic E-state index is 0.155. The number of methoxy groups -OCH3 is 1. The van der Waals surface area contributed by atoms with Gasteiger partial charge in [0.2, 0.25) is 0 Å². The number of aromatic nitrogens is 1. The van der Waals surface area contributed by atoms with E-state index in [1.165, 1.54) is 10.9 Å².